The molecule has 0 saturated heterocycles. The summed E-state index contributed by atoms with van der Waals surface area (Å²) < 4.78 is 0. The lowest BCUT2D eigenvalue weighted by atomic mass is 10.1. The molecule has 2 aromatic rings. The zero-order chi connectivity index (χ0) is 13.8. The number of amides is 1. The predicted octanol–water partition coefficient (Wildman–Crippen LogP) is 2.35. The highest BCUT2D eigenvalue weighted by Crippen LogP contribution is 2.23. The Labute approximate surface area is 112 Å². The number of benzene rings is 1. The molecule has 1 amide bonds. The van der Waals surface area contributed by atoms with Crippen molar-refractivity contribution in [1.82, 2.24) is 4.98 Å². The van der Waals surface area contributed by atoms with Crippen LogP contribution in [0.2, 0.25) is 0 Å². The number of nitrogens with zero attached hydrogens (tertiary/aromatic N) is 2. The third-order valence-electron chi connectivity index (χ3n) is 2.38. The van der Waals surface area contributed by atoms with E-state index in [9.17, 15) is 14.9 Å². The monoisotopic (exact) mass is 278 g/mol. The fourth-order valence-electron chi connectivity index (χ4n) is 1.50. The summed E-state index contributed by atoms with van der Waals surface area (Å²) in [5.74, 6) is -0.442. The minimum absolute atomic E-state index is 0.136. The van der Waals surface area contributed by atoms with E-state index in [0.29, 0.717) is 10.8 Å². The molecule has 0 spiro atoms. The zero-order valence-electron chi connectivity index (χ0n) is 9.91. The largest absolute Gasteiger partial charge is 0.387 e. The van der Waals surface area contributed by atoms with Gasteiger partial charge in [-0.3, -0.25) is 20.2 Å². The second kappa shape index (κ2) is 5.44. The molecule has 0 fully saturated rings. The number of thiazole rings is 1. The first-order valence-electron chi connectivity index (χ1n) is 5.29. The number of hydrogen-bond acceptors (Lipinski definition) is 6. The Balaban J connectivity index is 2.33. The van der Waals surface area contributed by atoms with Gasteiger partial charge in [0, 0.05) is 36.4 Å². The van der Waals surface area contributed by atoms with Gasteiger partial charge in [0.2, 0.25) is 0 Å². The smallest absolute Gasteiger partial charge is 0.270 e. The maximum atomic E-state index is 12.1. The van der Waals surface area contributed by atoms with Crippen LogP contribution in [0.5, 0.6) is 0 Å². The number of aromatic nitrogens is 1. The summed E-state index contributed by atoms with van der Waals surface area (Å²) in [5.41, 5.74) is 0.579. The van der Waals surface area contributed by atoms with Gasteiger partial charge in [0.05, 0.1) is 10.5 Å². The molecule has 1 aromatic heterocycles. The van der Waals surface area contributed by atoms with Crippen molar-refractivity contribution in [3.8, 4) is 0 Å². The third-order valence-corrected chi connectivity index (χ3v) is 3.07. The van der Waals surface area contributed by atoms with E-state index in [0.717, 1.165) is 0 Å². The molecule has 19 heavy (non-hydrogen) atoms. The Morgan fingerprint density at radius 3 is 2.84 bits per heavy atom. The number of anilines is 2. The summed E-state index contributed by atoms with van der Waals surface area (Å²) in [7, 11) is 1.64. The summed E-state index contributed by atoms with van der Waals surface area (Å²) in [6, 6.07) is 4.07. The van der Waals surface area contributed by atoms with Crippen molar-refractivity contribution < 1.29 is 9.72 Å². The van der Waals surface area contributed by atoms with E-state index in [1.54, 1.807) is 18.6 Å². The number of rotatable bonds is 4. The molecule has 1 heterocycles. The Kier molecular flexibility index (Phi) is 3.71. The third kappa shape index (κ3) is 2.86. The van der Waals surface area contributed by atoms with E-state index in [1.807, 2.05) is 0 Å². The average Bonchev–Trinajstić information content (AvgIpc) is 2.90. The molecule has 0 atom stereocenters. The zero-order valence-corrected chi connectivity index (χ0v) is 10.7. The summed E-state index contributed by atoms with van der Waals surface area (Å²) in [4.78, 5) is 26.2. The topological polar surface area (TPSA) is 97.2 Å². The van der Waals surface area contributed by atoms with Gasteiger partial charge in [-0.2, -0.15) is 0 Å². The van der Waals surface area contributed by atoms with E-state index >= 15 is 0 Å². The first kappa shape index (κ1) is 13.0. The Bertz CT molecular complexity index is 612. The number of hydrogen-bond donors (Lipinski definition) is 2. The molecule has 1 aromatic carbocycles. The van der Waals surface area contributed by atoms with Crippen LogP contribution < -0.4 is 10.6 Å². The molecule has 0 aliphatic carbocycles. The van der Waals surface area contributed by atoms with Gasteiger partial charge >= 0.3 is 0 Å². The van der Waals surface area contributed by atoms with Crippen molar-refractivity contribution in [2.45, 2.75) is 0 Å². The number of carbonyl (C=O) groups is 1. The molecule has 0 aliphatic heterocycles. The van der Waals surface area contributed by atoms with Crippen LogP contribution >= 0.6 is 11.3 Å². The fraction of sp³-hybridized carbons (Fsp3) is 0.0909. The molecular weight excluding hydrogens is 268 g/mol. The average molecular weight is 278 g/mol. The van der Waals surface area contributed by atoms with Gasteiger partial charge in [0.1, 0.15) is 0 Å². The Hall–Kier alpha value is -2.48. The van der Waals surface area contributed by atoms with Crippen LogP contribution in [0.15, 0.2) is 29.8 Å². The van der Waals surface area contributed by atoms with Crippen molar-refractivity contribution in [3.63, 3.8) is 0 Å². The van der Waals surface area contributed by atoms with Gasteiger partial charge in [-0.15, -0.1) is 11.3 Å². The van der Waals surface area contributed by atoms with E-state index in [-0.39, 0.29) is 11.3 Å². The quantitative estimate of drug-likeness (QED) is 0.661. The van der Waals surface area contributed by atoms with Crippen molar-refractivity contribution in [2.24, 2.45) is 0 Å². The first-order valence-corrected chi connectivity index (χ1v) is 6.17. The maximum absolute atomic E-state index is 12.1. The van der Waals surface area contributed by atoms with Crippen LogP contribution in [0.1, 0.15) is 10.4 Å². The van der Waals surface area contributed by atoms with E-state index in [4.69, 9.17) is 0 Å². The lowest BCUT2D eigenvalue weighted by molar-refractivity contribution is -0.384. The number of non-ortho nitro benzene ring substituents is 1. The van der Waals surface area contributed by atoms with E-state index in [2.05, 4.69) is 15.6 Å². The van der Waals surface area contributed by atoms with Crippen LogP contribution in [0.4, 0.5) is 16.5 Å². The summed E-state index contributed by atoms with van der Waals surface area (Å²) in [5, 5.41) is 18.3. The van der Waals surface area contributed by atoms with Gasteiger partial charge < -0.3 is 5.32 Å². The van der Waals surface area contributed by atoms with Crippen molar-refractivity contribution >= 4 is 33.8 Å². The molecule has 2 N–H and O–H groups in total. The molecule has 0 aliphatic rings. The molecule has 98 valence electrons. The van der Waals surface area contributed by atoms with Crippen molar-refractivity contribution in [1.29, 1.82) is 0 Å². The van der Waals surface area contributed by atoms with Crippen LogP contribution in [-0.4, -0.2) is 22.9 Å². The predicted molar refractivity (Wildman–Crippen MR) is 72.7 cm³/mol. The number of carbonyl (C=O) groups excluding carboxylic acids is 1. The standard InChI is InChI=1S/C11H10N4O3S/c1-12-9-3-2-7(15(17)18)6-8(9)10(16)14-11-13-4-5-19-11/h2-6,12H,1H3,(H,13,14,16). The molecule has 0 unspecified atom stereocenters. The number of nitro benzene ring substituents is 1. The Morgan fingerprint density at radius 2 is 2.26 bits per heavy atom. The Morgan fingerprint density at radius 1 is 1.47 bits per heavy atom. The highest BCUT2D eigenvalue weighted by atomic mass is 32.1. The summed E-state index contributed by atoms with van der Waals surface area (Å²) in [6.45, 7) is 0. The second-order valence-corrected chi connectivity index (χ2v) is 4.42. The molecule has 0 radical (unpaired) electrons. The van der Waals surface area contributed by atoms with Crippen LogP contribution in [-0.2, 0) is 0 Å². The van der Waals surface area contributed by atoms with Crippen molar-refractivity contribution in [2.75, 3.05) is 17.7 Å². The van der Waals surface area contributed by atoms with Gasteiger partial charge in [-0.1, -0.05) is 0 Å². The van der Waals surface area contributed by atoms with Gasteiger partial charge in [-0.05, 0) is 6.07 Å². The van der Waals surface area contributed by atoms with Gasteiger partial charge in [0.25, 0.3) is 11.6 Å². The second-order valence-electron chi connectivity index (χ2n) is 3.53. The van der Waals surface area contributed by atoms with Crippen LogP contribution in [0.3, 0.4) is 0 Å². The lowest BCUT2D eigenvalue weighted by Crippen LogP contribution is -2.14. The maximum Gasteiger partial charge on any atom is 0.270 e. The highest BCUT2D eigenvalue weighted by Gasteiger charge is 2.16. The molecule has 0 bridgehead atoms. The number of nitrogens with one attached hydrogen (secondary N) is 2. The van der Waals surface area contributed by atoms with Crippen molar-refractivity contribution in [3.05, 3.63) is 45.5 Å². The highest BCUT2D eigenvalue weighted by molar-refractivity contribution is 7.13. The minimum Gasteiger partial charge on any atom is -0.387 e. The van der Waals surface area contributed by atoms with Gasteiger partial charge in [-0.25, -0.2) is 4.98 Å². The van der Waals surface area contributed by atoms with E-state index < -0.39 is 10.8 Å². The molecule has 8 heteroatoms. The summed E-state index contributed by atoms with van der Waals surface area (Å²) in [6.07, 6.45) is 1.56. The lowest BCUT2D eigenvalue weighted by Gasteiger charge is -2.08. The SMILES string of the molecule is CNc1ccc([N+](=O)[O-])cc1C(=O)Nc1nccs1. The van der Waals surface area contributed by atoms with Crippen LogP contribution in [0, 0.1) is 10.1 Å². The first-order chi connectivity index (χ1) is 9.11. The fourth-order valence-corrected chi connectivity index (χ4v) is 2.03. The molecular formula is C11H10N4O3S. The molecule has 7 nitrogen and oxygen atoms in total. The van der Waals surface area contributed by atoms with E-state index in [1.165, 1.54) is 29.5 Å². The number of nitro groups is 1. The summed E-state index contributed by atoms with van der Waals surface area (Å²) >= 11 is 1.27. The minimum atomic E-state index is -0.542. The van der Waals surface area contributed by atoms with Crippen LogP contribution in [0.25, 0.3) is 0 Å². The molecule has 2 rings (SSSR count). The normalized spacial score (nSPS) is 9.95. The van der Waals surface area contributed by atoms with Gasteiger partial charge in [0.15, 0.2) is 5.13 Å². The molecule has 0 saturated carbocycles.